The van der Waals surface area contributed by atoms with E-state index < -0.39 is 0 Å². The molecular weight excluding hydrogens is 252 g/mol. The highest BCUT2D eigenvalue weighted by Crippen LogP contribution is 2.28. The van der Waals surface area contributed by atoms with Crippen molar-refractivity contribution >= 4 is 28.8 Å². The first-order valence-corrected chi connectivity index (χ1v) is 6.71. The number of hydrogen-bond donors (Lipinski definition) is 1. The topological polar surface area (TPSA) is 24.9 Å². The average Bonchev–Trinajstić information content (AvgIpc) is 2.58. The van der Waals surface area contributed by atoms with Crippen molar-refractivity contribution in [3.63, 3.8) is 0 Å². The van der Waals surface area contributed by atoms with Crippen LogP contribution in [-0.4, -0.2) is 4.98 Å². The second-order valence-corrected chi connectivity index (χ2v) is 5.93. The van der Waals surface area contributed by atoms with E-state index in [0.29, 0.717) is 5.15 Å². The van der Waals surface area contributed by atoms with Crippen molar-refractivity contribution in [2.75, 3.05) is 5.32 Å². The van der Waals surface area contributed by atoms with Gasteiger partial charge in [0.25, 0.3) is 0 Å². The van der Waals surface area contributed by atoms with Gasteiger partial charge in [0.15, 0.2) is 0 Å². The van der Waals surface area contributed by atoms with E-state index >= 15 is 0 Å². The van der Waals surface area contributed by atoms with Crippen LogP contribution in [0.1, 0.15) is 28.3 Å². The Balaban J connectivity index is 2.16. The zero-order chi connectivity index (χ0) is 12.4. The second-order valence-electron chi connectivity index (χ2n) is 4.08. The minimum Gasteiger partial charge on any atom is -0.363 e. The molecule has 4 heteroatoms. The smallest absolute Gasteiger partial charge is 0.131 e. The van der Waals surface area contributed by atoms with E-state index in [-0.39, 0.29) is 6.04 Å². The van der Waals surface area contributed by atoms with Gasteiger partial charge < -0.3 is 5.32 Å². The van der Waals surface area contributed by atoms with Crippen LogP contribution >= 0.6 is 22.9 Å². The molecule has 0 saturated carbocycles. The number of hydrogen-bond acceptors (Lipinski definition) is 3. The number of pyridine rings is 1. The van der Waals surface area contributed by atoms with Crippen LogP contribution in [0.2, 0.25) is 5.15 Å². The van der Waals surface area contributed by atoms with Crippen LogP contribution in [0.3, 0.4) is 0 Å². The lowest BCUT2D eigenvalue weighted by atomic mass is 10.1. The van der Waals surface area contributed by atoms with Crippen molar-refractivity contribution in [2.24, 2.45) is 0 Å². The van der Waals surface area contributed by atoms with Gasteiger partial charge in [-0.05, 0) is 44.5 Å². The van der Waals surface area contributed by atoms with E-state index in [1.54, 1.807) is 6.07 Å². The van der Waals surface area contributed by atoms with Gasteiger partial charge in [-0.1, -0.05) is 17.7 Å². The third kappa shape index (κ3) is 2.99. The molecule has 1 N–H and O–H groups in total. The first kappa shape index (κ1) is 12.4. The van der Waals surface area contributed by atoms with E-state index in [0.717, 1.165) is 5.82 Å². The molecule has 0 amide bonds. The van der Waals surface area contributed by atoms with Crippen molar-refractivity contribution < 1.29 is 0 Å². The van der Waals surface area contributed by atoms with Crippen LogP contribution in [0.4, 0.5) is 5.82 Å². The molecule has 2 heterocycles. The highest BCUT2D eigenvalue weighted by atomic mass is 35.5. The fourth-order valence-corrected chi connectivity index (χ4v) is 3.05. The Labute approximate surface area is 111 Å². The maximum absolute atomic E-state index is 5.86. The molecular formula is C13H15ClN2S. The third-order valence-corrected chi connectivity index (χ3v) is 3.82. The van der Waals surface area contributed by atoms with E-state index in [4.69, 9.17) is 11.6 Å². The molecule has 17 heavy (non-hydrogen) atoms. The number of thiophene rings is 1. The van der Waals surface area contributed by atoms with Gasteiger partial charge in [-0.2, -0.15) is 0 Å². The lowest BCUT2D eigenvalue weighted by molar-refractivity contribution is 0.872. The van der Waals surface area contributed by atoms with Gasteiger partial charge in [0.1, 0.15) is 11.0 Å². The lowest BCUT2D eigenvalue weighted by Gasteiger charge is -2.14. The van der Waals surface area contributed by atoms with Gasteiger partial charge in [0, 0.05) is 9.75 Å². The fraction of sp³-hybridized carbons (Fsp3) is 0.308. The Bertz CT molecular complexity index is 522. The summed E-state index contributed by atoms with van der Waals surface area (Å²) in [5.41, 5.74) is 1.33. The Morgan fingerprint density at radius 3 is 2.71 bits per heavy atom. The van der Waals surface area contributed by atoms with Crippen LogP contribution in [-0.2, 0) is 0 Å². The molecule has 0 fully saturated rings. The molecule has 0 bridgehead atoms. The van der Waals surface area contributed by atoms with Gasteiger partial charge >= 0.3 is 0 Å². The molecule has 2 nitrogen and oxygen atoms in total. The number of nitrogens with one attached hydrogen (secondary N) is 1. The molecule has 0 aliphatic heterocycles. The van der Waals surface area contributed by atoms with Crippen LogP contribution in [0, 0.1) is 13.8 Å². The zero-order valence-electron chi connectivity index (χ0n) is 10.1. The summed E-state index contributed by atoms with van der Waals surface area (Å²) in [6.07, 6.45) is 0. The molecule has 1 unspecified atom stereocenters. The molecule has 0 aromatic carbocycles. The number of anilines is 1. The molecule has 2 aromatic heterocycles. The van der Waals surface area contributed by atoms with Gasteiger partial charge in [-0.15, -0.1) is 11.3 Å². The van der Waals surface area contributed by atoms with Crippen molar-refractivity contribution in [1.82, 2.24) is 4.98 Å². The van der Waals surface area contributed by atoms with Crippen LogP contribution in [0.5, 0.6) is 0 Å². The molecule has 0 radical (unpaired) electrons. The maximum atomic E-state index is 5.86. The number of aromatic nitrogens is 1. The SMILES string of the molecule is Cc1cc(C(C)Nc2cccc(Cl)n2)c(C)s1. The third-order valence-electron chi connectivity index (χ3n) is 2.63. The first-order valence-electron chi connectivity index (χ1n) is 5.52. The zero-order valence-corrected chi connectivity index (χ0v) is 11.7. The van der Waals surface area contributed by atoms with E-state index in [1.165, 1.54) is 15.3 Å². The van der Waals surface area contributed by atoms with Gasteiger partial charge in [0.05, 0.1) is 6.04 Å². The van der Waals surface area contributed by atoms with Crippen LogP contribution < -0.4 is 5.32 Å². The highest BCUT2D eigenvalue weighted by Gasteiger charge is 2.11. The Morgan fingerprint density at radius 1 is 1.35 bits per heavy atom. The van der Waals surface area contributed by atoms with E-state index in [2.05, 4.69) is 37.1 Å². The van der Waals surface area contributed by atoms with E-state index in [1.807, 2.05) is 23.5 Å². The molecule has 2 rings (SSSR count). The Hall–Kier alpha value is -1.06. The standard InChI is InChI=1S/C13H15ClN2S/c1-8-7-11(10(3)17-8)9(2)15-13-6-4-5-12(14)16-13/h4-7,9H,1-3H3,(H,15,16). The molecule has 0 aliphatic rings. The van der Waals surface area contributed by atoms with Crippen molar-refractivity contribution in [3.05, 3.63) is 44.7 Å². The molecule has 0 aliphatic carbocycles. The highest BCUT2D eigenvalue weighted by molar-refractivity contribution is 7.12. The monoisotopic (exact) mass is 266 g/mol. The van der Waals surface area contributed by atoms with Crippen molar-refractivity contribution in [2.45, 2.75) is 26.8 Å². The molecule has 2 aromatic rings. The molecule has 0 spiro atoms. The summed E-state index contributed by atoms with van der Waals surface area (Å²) in [7, 11) is 0. The summed E-state index contributed by atoms with van der Waals surface area (Å²) in [5.74, 6) is 0.813. The fourth-order valence-electron chi connectivity index (χ4n) is 1.87. The number of halogens is 1. The average molecular weight is 267 g/mol. The maximum Gasteiger partial charge on any atom is 0.131 e. The minimum absolute atomic E-state index is 0.242. The summed E-state index contributed by atoms with van der Waals surface area (Å²) in [4.78, 5) is 6.92. The van der Waals surface area contributed by atoms with Gasteiger partial charge in [-0.3, -0.25) is 0 Å². The predicted octanol–water partition coefficient (Wildman–Crippen LogP) is 4.59. The molecule has 1 atom stereocenters. The minimum atomic E-state index is 0.242. The van der Waals surface area contributed by atoms with Gasteiger partial charge in [0.2, 0.25) is 0 Å². The first-order chi connectivity index (χ1) is 8.06. The summed E-state index contributed by atoms with van der Waals surface area (Å²) >= 11 is 7.69. The molecule has 90 valence electrons. The molecule has 0 saturated heterocycles. The summed E-state index contributed by atoms with van der Waals surface area (Å²) in [6.45, 7) is 6.42. The number of aryl methyl sites for hydroxylation is 2. The summed E-state index contributed by atoms with van der Waals surface area (Å²) in [6, 6.07) is 8.07. The Kier molecular flexibility index (Phi) is 3.69. The predicted molar refractivity (Wildman–Crippen MR) is 75.1 cm³/mol. The van der Waals surface area contributed by atoms with Crippen molar-refractivity contribution in [1.29, 1.82) is 0 Å². The number of rotatable bonds is 3. The normalized spacial score (nSPS) is 12.5. The van der Waals surface area contributed by atoms with Crippen LogP contribution in [0.15, 0.2) is 24.3 Å². The van der Waals surface area contributed by atoms with Crippen molar-refractivity contribution in [3.8, 4) is 0 Å². The Morgan fingerprint density at radius 2 is 2.12 bits per heavy atom. The van der Waals surface area contributed by atoms with Crippen LogP contribution in [0.25, 0.3) is 0 Å². The van der Waals surface area contributed by atoms with Gasteiger partial charge in [-0.25, -0.2) is 4.98 Å². The largest absolute Gasteiger partial charge is 0.363 e. The summed E-state index contributed by atoms with van der Waals surface area (Å²) < 4.78 is 0. The second kappa shape index (κ2) is 5.07. The quantitative estimate of drug-likeness (QED) is 0.822. The van der Waals surface area contributed by atoms with E-state index in [9.17, 15) is 0 Å². The number of nitrogens with zero attached hydrogens (tertiary/aromatic N) is 1. The lowest BCUT2D eigenvalue weighted by Crippen LogP contribution is -2.07. The summed E-state index contributed by atoms with van der Waals surface area (Å²) in [5, 5.41) is 3.88.